The highest BCUT2D eigenvalue weighted by Gasteiger charge is 2.27. The summed E-state index contributed by atoms with van der Waals surface area (Å²) in [6, 6.07) is 0. The molecule has 1 N–H and O–H groups in total. The Morgan fingerprint density at radius 3 is 2.80 bits per heavy atom. The number of likely N-dealkylation sites (tertiary alicyclic amines) is 1. The van der Waals surface area contributed by atoms with Gasteiger partial charge in [0.25, 0.3) is 0 Å². The first-order valence-corrected chi connectivity index (χ1v) is 7.70. The van der Waals surface area contributed by atoms with Crippen molar-refractivity contribution < 1.29 is 4.84 Å². The Morgan fingerprint density at radius 2 is 2.20 bits per heavy atom. The predicted octanol–water partition coefficient (Wildman–Crippen LogP) is 2.45. The third-order valence-electron chi connectivity index (χ3n) is 4.53. The van der Waals surface area contributed by atoms with Crippen molar-refractivity contribution in [1.29, 1.82) is 0 Å². The first-order chi connectivity index (χ1) is 9.76. The molecule has 5 heteroatoms. The average molecular weight is 276 g/mol. The van der Waals surface area contributed by atoms with Gasteiger partial charge in [-0.2, -0.15) is 5.10 Å². The van der Waals surface area contributed by atoms with E-state index in [1.807, 2.05) is 6.20 Å². The third kappa shape index (κ3) is 2.87. The zero-order chi connectivity index (χ0) is 13.9. The van der Waals surface area contributed by atoms with E-state index < -0.39 is 0 Å². The lowest BCUT2D eigenvalue weighted by Crippen LogP contribution is -2.38. The Balaban J connectivity index is 1.46. The molecule has 5 nitrogen and oxygen atoms in total. The fourth-order valence-electron chi connectivity index (χ4n) is 3.26. The number of H-pyrrole nitrogens is 1. The number of piperidine rings is 1. The molecule has 3 heterocycles. The summed E-state index contributed by atoms with van der Waals surface area (Å²) in [5.41, 5.74) is 3.83. The number of nitrogens with zero attached hydrogens (tertiary/aromatic N) is 3. The van der Waals surface area contributed by atoms with Crippen LogP contribution in [-0.4, -0.2) is 46.5 Å². The van der Waals surface area contributed by atoms with Gasteiger partial charge in [0.15, 0.2) is 0 Å². The van der Waals surface area contributed by atoms with Crippen molar-refractivity contribution in [2.45, 2.75) is 51.6 Å². The van der Waals surface area contributed by atoms with E-state index in [-0.39, 0.29) is 6.10 Å². The van der Waals surface area contributed by atoms with E-state index in [0.717, 1.165) is 32.5 Å². The lowest BCUT2D eigenvalue weighted by atomic mass is 9.91. The van der Waals surface area contributed by atoms with Crippen LogP contribution < -0.4 is 0 Å². The molecule has 0 spiro atoms. The van der Waals surface area contributed by atoms with E-state index in [4.69, 9.17) is 4.84 Å². The second-order valence-corrected chi connectivity index (χ2v) is 5.98. The molecule has 0 amide bonds. The summed E-state index contributed by atoms with van der Waals surface area (Å²) in [5, 5.41) is 11.5. The van der Waals surface area contributed by atoms with Crippen LogP contribution in [0.3, 0.4) is 0 Å². The van der Waals surface area contributed by atoms with Crippen molar-refractivity contribution in [1.82, 2.24) is 15.1 Å². The van der Waals surface area contributed by atoms with Crippen molar-refractivity contribution in [3.05, 3.63) is 17.5 Å². The Kier molecular flexibility index (Phi) is 4.05. The average Bonchev–Trinajstić information content (AvgIpc) is 3.09. The number of aromatic nitrogens is 2. The highest BCUT2D eigenvalue weighted by molar-refractivity contribution is 5.85. The van der Waals surface area contributed by atoms with Crippen LogP contribution in [0.15, 0.2) is 11.4 Å². The van der Waals surface area contributed by atoms with Gasteiger partial charge in [-0.05, 0) is 44.8 Å². The van der Waals surface area contributed by atoms with Gasteiger partial charge in [-0.3, -0.25) is 10.00 Å². The minimum absolute atomic E-state index is 0.274. The molecule has 0 saturated carbocycles. The highest BCUT2D eigenvalue weighted by atomic mass is 16.6. The quantitative estimate of drug-likeness (QED) is 0.919. The maximum atomic E-state index is 5.51. The van der Waals surface area contributed by atoms with Crippen LogP contribution >= 0.6 is 0 Å². The molecule has 1 aromatic rings. The Labute approximate surface area is 120 Å². The van der Waals surface area contributed by atoms with Gasteiger partial charge in [-0.15, -0.1) is 0 Å². The number of oxime groups is 1. The molecule has 2 aliphatic rings. The number of hydrogen-bond acceptors (Lipinski definition) is 4. The van der Waals surface area contributed by atoms with Crippen LogP contribution in [0, 0.1) is 6.92 Å². The molecule has 0 bridgehead atoms. The van der Waals surface area contributed by atoms with E-state index in [0.29, 0.717) is 5.92 Å². The van der Waals surface area contributed by atoms with Gasteiger partial charge in [0.2, 0.25) is 0 Å². The van der Waals surface area contributed by atoms with Crippen molar-refractivity contribution in [3.8, 4) is 0 Å². The molecular formula is C15H24N4O. The molecule has 1 aromatic heterocycles. The SMILES string of the molecule is CCC1=NO[C@@H](CN2CCC(c3[nH]ncc3C)CC2)C1. The molecule has 110 valence electrons. The summed E-state index contributed by atoms with van der Waals surface area (Å²) in [6.45, 7) is 7.58. The number of aryl methyl sites for hydroxylation is 1. The fraction of sp³-hybridized carbons (Fsp3) is 0.733. The number of aromatic amines is 1. The van der Waals surface area contributed by atoms with E-state index in [9.17, 15) is 0 Å². The van der Waals surface area contributed by atoms with E-state index in [2.05, 4.69) is 34.1 Å². The minimum atomic E-state index is 0.274. The molecule has 2 aliphatic heterocycles. The summed E-state index contributed by atoms with van der Waals surface area (Å²) < 4.78 is 0. The van der Waals surface area contributed by atoms with Crippen LogP contribution in [0.4, 0.5) is 0 Å². The topological polar surface area (TPSA) is 53.5 Å². The van der Waals surface area contributed by atoms with Crippen molar-refractivity contribution in [2.75, 3.05) is 19.6 Å². The molecule has 1 saturated heterocycles. The highest BCUT2D eigenvalue weighted by Crippen LogP contribution is 2.29. The number of rotatable bonds is 4. The predicted molar refractivity (Wildman–Crippen MR) is 79.0 cm³/mol. The molecular weight excluding hydrogens is 252 g/mol. The number of nitrogens with one attached hydrogen (secondary N) is 1. The van der Waals surface area contributed by atoms with Crippen molar-refractivity contribution in [2.24, 2.45) is 5.16 Å². The lowest BCUT2D eigenvalue weighted by molar-refractivity contribution is 0.0453. The molecule has 0 unspecified atom stereocenters. The van der Waals surface area contributed by atoms with Crippen LogP contribution in [-0.2, 0) is 4.84 Å². The van der Waals surface area contributed by atoms with Gasteiger partial charge >= 0.3 is 0 Å². The van der Waals surface area contributed by atoms with Crippen LogP contribution in [0.5, 0.6) is 0 Å². The molecule has 0 aromatic carbocycles. The van der Waals surface area contributed by atoms with Gasteiger partial charge < -0.3 is 4.84 Å². The molecule has 0 aliphatic carbocycles. The molecule has 0 radical (unpaired) electrons. The Bertz CT molecular complexity index is 474. The standard InChI is InChI=1S/C15H24N4O/c1-3-13-8-14(20-18-13)10-19-6-4-12(5-7-19)15-11(2)9-16-17-15/h9,12,14H,3-8,10H2,1-2H3,(H,16,17)/t14-/m1/s1. The molecule has 3 rings (SSSR count). The normalized spacial score (nSPS) is 24.7. The summed E-state index contributed by atoms with van der Waals surface area (Å²) in [5.74, 6) is 0.640. The fourth-order valence-corrected chi connectivity index (χ4v) is 3.26. The van der Waals surface area contributed by atoms with E-state index >= 15 is 0 Å². The first-order valence-electron chi connectivity index (χ1n) is 7.70. The zero-order valence-corrected chi connectivity index (χ0v) is 12.4. The molecule has 1 atom stereocenters. The largest absolute Gasteiger partial charge is 0.391 e. The summed E-state index contributed by atoms with van der Waals surface area (Å²) >= 11 is 0. The molecule has 1 fully saturated rings. The van der Waals surface area contributed by atoms with Crippen LogP contribution in [0.2, 0.25) is 0 Å². The maximum Gasteiger partial charge on any atom is 0.145 e. The van der Waals surface area contributed by atoms with Crippen LogP contribution in [0.1, 0.15) is 49.8 Å². The Hall–Kier alpha value is -1.36. The Morgan fingerprint density at radius 1 is 1.40 bits per heavy atom. The van der Waals surface area contributed by atoms with Gasteiger partial charge in [-0.25, -0.2) is 0 Å². The van der Waals surface area contributed by atoms with Gasteiger partial charge in [0, 0.05) is 24.6 Å². The van der Waals surface area contributed by atoms with Gasteiger partial charge in [0.1, 0.15) is 6.10 Å². The zero-order valence-electron chi connectivity index (χ0n) is 12.4. The second-order valence-electron chi connectivity index (χ2n) is 5.98. The minimum Gasteiger partial charge on any atom is -0.391 e. The number of hydrogen-bond donors (Lipinski definition) is 1. The second kappa shape index (κ2) is 5.95. The van der Waals surface area contributed by atoms with E-state index in [1.165, 1.54) is 29.8 Å². The van der Waals surface area contributed by atoms with Gasteiger partial charge in [0.05, 0.1) is 11.9 Å². The summed E-state index contributed by atoms with van der Waals surface area (Å²) in [4.78, 5) is 8.02. The van der Waals surface area contributed by atoms with Crippen molar-refractivity contribution in [3.63, 3.8) is 0 Å². The van der Waals surface area contributed by atoms with Crippen LogP contribution in [0.25, 0.3) is 0 Å². The van der Waals surface area contributed by atoms with Crippen molar-refractivity contribution >= 4 is 5.71 Å². The monoisotopic (exact) mass is 276 g/mol. The lowest BCUT2D eigenvalue weighted by Gasteiger charge is -2.32. The summed E-state index contributed by atoms with van der Waals surface area (Å²) in [7, 11) is 0. The smallest absolute Gasteiger partial charge is 0.145 e. The van der Waals surface area contributed by atoms with Gasteiger partial charge in [-0.1, -0.05) is 12.1 Å². The van der Waals surface area contributed by atoms with E-state index in [1.54, 1.807) is 0 Å². The maximum absolute atomic E-state index is 5.51. The summed E-state index contributed by atoms with van der Waals surface area (Å²) in [6.07, 6.45) is 6.63. The third-order valence-corrected chi connectivity index (χ3v) is 4.53. The molecule has 20 heavy (non-hydrogen) atoms. The first kappa shape index (κ1) is 13.6.